The van der Waals surface area contributed by atoms with Crippen LogP contribution < -0.4 is 4.90 Å². The molecule has 1 heterocycles. The zero-order valence-corrected chi connectivity index (χ0v) is 15.1. The lowest BCUT2D eigenvalue weighted by Crippen LogP contribution is -2.48. The number of piperazine rings is 1. The number of carbonyl (C=O) groups excluding carboxylic acids is 1. The largest absolute Gasteiger partial charge is 0.368 e. The molecule has 0 radical (unpaired) electrons. The molecular weight excluding hydrogens is 310 g/mol. The van der Waals surface area contributed by atoms with E-state index in [-0.39, 0.29) is 11.2 Å². The molecule has 126 valence electrons. The number of anilines is 1. The van der Waals surface area contributed by atoms with Crippen LogP contribution in [0.25, 0.3) is 0 Å². The van der Waals surface area contributed by atoms with E-state index < -0.39 is 11.0 Å². The van der Waals surface area contributed by atoms with Gasteiger partial charge in [-0.25, -0.2) is 4.21 Å². The highest BCUT2D eigenvalue weighted by molar-refractivity contribution is 7.84. The summed E-state index contributed by atoms with van der Waals surface area (Å²) < 4.78 is 16.1. The van der Waals surface area contributed by atoms with Gasteiger partial charge in [-0.15, -0.1) is 0 Å². The lowest BCUT2D eigenvalue weighted by molar-refractivity contribution is -0.129. The van der Waals surface area contributed by atoms with Crippen LogP contribution in [0.4, 0.5) is 5.69 Å². The van der Waals surface area contributed by atoms with Gasteiger partial charge in [-0.2, -0.15) is 4.40 Å². The van der Waals surface area contributed by atoms with Crippen LogP contribution in [0.2, 0.25) is 0 Å². The highest BCUT2D eigenvalue weighted by atomic mass is 32.2. The van der Waals surface area contributed by atoms with Gasteiger partial charge in [0.25, 0.3) is 0 Å². The van der Waals surface area contributed by atoms with Gasteiger partial charge in [0.1, 0.15) is 11.0 Å². The first-order chi connectivity index (χ1) is 10.9. The molecule has 1 saturated heterocycles. The minimum Gasteiger partial charge on any atom is -0.368 e. The molecule has 1 amide bonds. The van der Waals surface area contributed by atoms with Crippen LogP contribution >= 0.6 is 0 Å². The molecule has 0 N–H and O–H groups in total. The van der Waals surface area contributed by atoms with Crippen molar-refractivity contribution < 1.29 is 9.00 Å². The SMILES string of the molecule is CC(=O)N1CCN(c2ccc(/C(C)=N/[S@@](=O)C(C)C)cc2)CC1. The molecule has 23 heavy (non-hydrogen) atoms. The number of nitrogens with zero attached hydrogens (tertiary/aromatic N) is 3. The molecule has 0 aliphatic carbocycles. The normalized spacial score (nSPS) is 17.5. The predicted molar refractivity (Wildman–Crippen MR) is 96.4 cm³/mol. The molecule has 1 fully saturated rings. The molecule has 0 aromatic heterocycles. The van der Waals surface area contributed by atoms with Crippen molar-refractivity contribution in [2.24, 2.45) is 4.40 Å². The van der Waals surface area contributed by atoms with E-state index in [4.69, 9.17) is 0 Å². The Morgan fingerprint density at radius 3 is 2.13 bits per heavy atom. The number of amides is 1. The molecule has 2 rings (SSSR count). The summed E-state index contributed by atoms with van der Waals surface area (Å²) in [6, 6.07) is 8.16. The van der Waals surface area contributed by atoms with Crippen LogP contribution in [0.1, 0.15) is 33.3 Å². The van der Waals surface area contributed by atoms with E-state index in [0.29, 0.717) is 0 Å². The first-order valence-corrected chi connectivity index (χ1v) is 9.12. The Hall–Kier alpha value is -1.69. The Bertz CT molecular complexity index is 603. The van der Waals surface area contributed by atoms with Gasteiger partial charge in [-0.1, -0.05) is 12.1 Å². The van der Waals surface area contributed by atoms with Crippen molar-refractivity contribution in [1.29, 1.82) is 0 Å². The fourth-order valence-electron chi connectivity index (χ4n) is 2.49. The topological polar surface area (TPSA) is 53.0 Å². The van der Waals surface area contributed by atoms with Crippen LogP contribution in [0, 0.1) is 0 Å². The van der Waals surface area contributed by atoms with Crippen molar-refractivity contribution in [3.8, 4) is 0 Å². The van der Waals surface area contributed by atoms with Crippen LogP contribution in [0.5, 0.6) is 0 Å². The van der Waals surface area contributed by atoms with E-state index >= 15 is 0 Å². The third-order valence-corrected chi connectivity index (χ3v) is 5.27. The van der Waals surface area contributed by atoms with Gasteiger partial charge < -0.3 is 9.80 Å². The quantitative estimate of drug-likeness (QED) is 0.793. The van der Waals surface area contributed by atoms with Crippen LogP contribution in [-0.4, -0.2) is 52.2 Å². The molecule has 5 nitrogen and oxygen atoms in total. The van der Waals surface area contributed by atoms with Crippen molar-refractivity contribution in [3.63, 3.8) is 0 Å². The molecular formula is C17H25N3O2S. The summed E-state index contributed by atoms with van der Waals surface area (Å²) in [6.45, 7) is 10.5. The lowest BCUT2D eigenvalue weighted by Gasteiger charge is -2.35. The summed E-state index contributed by atoms with van der Waals surface area (Å²) in [6.07, 6.45) is 0. The smallest absolute Gasteiger partial charge is 0.219 e. The van der Waals surface area contributed by atoms with Gasteiger partial charge in [-0.3, -0.25) is 4.79 Å². The lowest BCUT2D eigenvalue weighted by atomic mass is 10.1. The first kappa shape index (κ1) is 17.7. The molecule has 0 unspecified atom stereocenters. The maximum absolute atomic E-state index is 11.8. The highest BCUT2D eigenvalue weighted by Gasteiger charge is 2.18. The van der Waals surface area contributed by atoms with Crippen molar-refractivity contribution >= 4 is 28.3 Å². The van der Waals surface area contributed by atoms with Crippen molar-refractivity contribution in [1.82, 2.24) is 4.90 Å². The Labute approximate surface area is 141 Å². The number of rotatable bonds is 4. The van der Waals surface area contributed by atoms with Crippen LogP contribution in [0.3, 0.4) is 0 Å². The minimum atomic E-state index is -1.18. The number of carbonyl (C=O) groups is 1. The fraction of sp³-hybridized carbons (Fsp3) is 0.529. The number of benzene rings is 1. The average molecular weight is 335 g/mol. The second kappa shape index (κ2) is 7.73. The van der Waals surface area contributed by atoms with Gasteiger partial charge in [0.05, 0.1) is 11.0 Å². The van der Waals surface area contributed by atoms with E-state index in [2.05, 4.69) is 21.4 Å². The maximum Gasteiger partial charge on any atom is 0.219 e. The van der Waals surface area contributed by atoms with E-state index in [1.807, 2.05) is 37.8 Å². The Balaban J connectivity index is 2.03. The summed E-state index contributed by atoms with van der Waals surface area (Å²) in [5.41, 5.74) is 2.94. The Morgan fingerprint density at radius 2 is 1.65 bits per heavy atom. The molecule has 1 aliphatic heterocycles. The highest BCUT2D eigenvalue weighted by Crippen LogP contribution is 2.18. The van der Waals surface area contributed by atoms with Crippen molar-refractivity contribution in [3.05, 3.63) is 29.8 Å². The third kappa shape index (κ3) is 4.64. The minimum absolute atomic E-state index is 0.0294. The average Bonchev–Trinajstić information content (AvgIpc) is 2.55. The van der Waals surface area contributed by atoms with Crippen molar-refractivity contribution in [2.75, 3.05) is 31.1 Å². The molecule has 1 aromatic carbocycles. The van der Waals surface area contributed by atoms with E-state index in [1.54, 1.807) is 6.92 Å². The summed E-state index contributed by atoms with van der Waals surface area (Å²) in [4.78, 5) is 15.5. The monoisotopic (exact) mass is 335 g/mol. The number of hydrogen-bond acceptors (Lipinski definition) is 3. The molecule has 0 saturated carbocycles. The van der Waals surface area contributed by atoms with Gasteiger partial charge in [0.2, 0.25) is 5.91 Å². The van der Waals surface area contributed by atoms with E-state index in [0.717, 1.165) is 43.1 Å². The number of hydrogen-bond donors (Lipinski definition) is 0. The summed E-state index contributed by atoms with van der Waals surface area (Å²) in [7, 11) is -1.18. The summed E-state index contributed by atoms with van der Waals surface area (Å²) in [5, 5.41) is 0.0294. The maximum atomic E-state index is 11.8. The van der Waals surface area contributed by atoms with Crippen LogP contribution in [0.15, 0.2) is 28.7 Å². The van der Waals surface area contributed by atoms with Gasteiger partial charge in [0.15, 0.2) is 0 Å². The zero-order valence-electron chi connectivity index (χ0n) is 14.3. The fourth-order valence-corrected chi connectivity index (χ4v) is 3.07. The molecule has 1 aromatic rings. The standard InChI is InChI=1S/C17H25N3O2S/c1-13(2)23(22)18-14(3)16-5-7-17(8-6-16)20-11-9-19(10-12-20)15(4)21/h5-8,13H,9-12H2,1-4H3/b18-14+/t23-/m0/s1. The van der Waals surface area contributed by atoms with Gasteiger partial charge in [0, 0.05) is 38.8 Å². The molecule has 1 aliphatic rings. The van der Waals surface area contributed by atoms with E-state index in [9.17, 15) is 9.00 Å². The molecule has 0 bridgehead atoms. The second-order valence-corrected chi connectivity index (χ2v) is 7.72. The molecule has 0 spiro atoms. The Kier molecular flexibility index (Phi) is 5.93. The van der Waals surface area contributed by atoms with Crippen molar-refractivity contribution in [2.45, 2.75) is 32.9 Å². The van der Waals surface area contributed by atoms with Crippen LogP contribution in [-0.2, 0) is 15.8 Å². The van der Waals surface area contributed by atoms with Gasteiger partial charge >= 0.3 is 0 Å². The first-order valence-electron chi connectivity index (χ1n) is 7.95. The summed E-state index contributed by atoms with van der Waals surface area (Å²) >= 11 is 0. The van der Waals surface area contributed by atoms with Gasteiger partial charge in [-0.05, 0) is 38.5 Å². The predicted octanol–water partition coefficient (Wildman–Crippen LogP) is 2.24. The molecule has 6 heteroatoms. The summed E-state index contributed by atoms with van der Waals surface area (Å²) in [5.74, 6) is 0.144. The second-order valence-electron chi connectivity index (χ2n) is 6.04. The van der Waals surface area contributed by atoms with E-state index in [1.165, 1.54) is 0 Å². The third-order valence-electron chi connectivity index (χ3n) is 4.01. The Morgan fingerprint density at radius 1 is 1.09 bits per heavy atom. The molecule has 1 atom stereocenters. The zero-order chi connectivity index (χ0) is 17.0.